The minimum Gasteiger partial charge on any atom is -0.372 e. The van der Waals surface area contributed by atoms with E-state index >= 15 is 0 Å². The molecular weight excluding hydrogens is 328 g/mol. The lowest BCUT2D eigenvalue weighted by Crippen LogP contribution is -2.23. The molecule has 2 aromatic carbocycles. The fourth-order valence-electron chi connectivity index (χ4n) is 3.17. The van der Waals surface area contributed by atoms with Crippen molar-refractivity contribution in [3.8, 4) is 0 Å². The average molecular weight is 352 g/mol. The van der Waals surface area contributed by atoms with Gasteiger partial charge in [-0.3, -0.25) is 4.79 Å². The number of rotatable bonds is 4. The molecule has 0 atom stereocenters. The number of benzene rings is 2. The minimum absolute atomic E-state index is 0.236. The molecule has 2 aromatic rings. The van der Waals surface area contributed by atoms with Crippen molar-refractivity contribution in [1.82, 2.24) is 0 Å². The lowest BCUT2D eigenvalue weighted by molar-refractivity contribution is 0.102. The minimum atomic E-state index is -0.661. The van der Waals surface area contributed by atoms with Crippen molar-refractivity contribution >= 4 is 29.0 Å². The second-order valence-electron chi connectivity index (χ2n) is 6.47. The van der Waals surface area contributed by atoms with Gasteiger partial charge in [0.05, 0.1) is 0 Å². The number of urea groups is 1. The molecule has 1 aliphatic heterocycles. The average Bonchev–Trinajstić information content (AvgIpc) is 2.91. The summed E-state index contributed by atoms with van der Waals surface area (Å²) < 4.78 is 0. The van der Waals surface area contributed by atoms with Gasteiger partial charge in [-0.15, -0.1) is 0 Å². The summed E-state index contributed by atoms with van der Waals surface area (Å²) in [7, 11) is 0. The van der Waals surface area contributed by atoms with E-state index in [0.717, 1.165) is 18.8 Å². The van der Waals surface area contributed by atoms with Crippen LogP contribution in [0.2, 0.25) is 0 Å². The van der Waals surface area contributed by atoms with Crippen molar-refractivity contribution in [3.05, 3.63) is 54.1 Å². The number of nitrogens with zero attached hydrogens (tertiary/aromatic N) is 1. The van der Waals surface area contributed by atoms with Gasteiger partial charge in [-0.2, -0.15) is 0 Å². The molecule has 1 fully saturated rings. The van der Waals surface area contributed by atoms with E-state index in [-0.39, 0.29) is 5.91 Å². The van der Waals surface area contributed by atoms with Gasteiger partial charge in [0.15, 0.2) is 0 Å². The zero-order valence-corrected chi connectivity index (χ0v) is 14.7. The van der Waals surface area contributed by atoms with E-state index in [4.69, 9.17) is 5.73 Å². The molecule has 3 rings (SSSR count). The topological polar surface area (TPSA) is 87.5 Å². The molecule has 0 radical (unpaired) electrons. The fraction of sp³-hybridized carbons (Fsp3) is 0.300. The number of hydrogen-bond donors (Lipinski definition) is 3. The molecule has 0 unspecified atom stereocenters. The highest BCUT2D eigenvalue weighted by Gasteiger charge is 2.11. The van der Waals surface area contributed by atoms with Gasteiger partial charge in [0, 0.05) is 35.7 Å². The van der Waals surface area contributed by atoms with Crippen molar-refractivity contribution < 1.29 is 9.59 Å². The highest BCUT2D eigenvalue weighted by Crippen LogP contribution is 2.22. The molecule has 6 nitrogen and oxygen atoms in total. The van der Waals surface area contributed by atoms with Gasteiger partial charge in [-0.05, 0) is 55.3 Å². The summed E-state index contributed by atoms with van der Waals surface area (Å²) in [5.41, 5.74) is 7.97. The molecule has 1 heterocycles. The Kier molecular flexibility index (Phi) is 5.73. The largest absolute Gasteiger partial charge is 0.372 e. The number of anilines is 3. The van der Waals surface area contributed by atoms with Gasteiger partial charge in [0.1, 0.15) is 0 Å². The van der Waals surface area contributed by atoms with Gasteiger partial charge in [0.2, 0.25) is 0 Å². The van der Waals surface area contributed by atoms with Crippen LogP contribution in [0.25, 0.3) is 0 Å². The van der Waals surface area contributed by atoms with Gasteiger partial charge >= 0.3 is 6.03 Å². The molecule has 136 valence electrons. The summed E-state index contributed by atoms with van der Waals surface area (Å²) in [6, 6.07) is 13.9. The van der Waals surface area contributed by atoms with E-state index in [2.05, 4.69) is 15.5 Å². The van der Waals surface area contributed by atoms with E-state index in [9.17, 15) is 9.59 Å². The molecule has 6 heteroatoms. The third kappa shape index (κ3) is 4.75. The number of hydrogen-bond acceptors (Lipinski definition) is 3. The zero-order valence-electron chi connectivity index (χ0n) is 14.7. The Morgan fingerprint density at radius 3 is 2.19 bits per heavy atom. The highest BCUT2D eigenvalue weighted by molar-refractivity contribution is 6.05. The molecule has 3 amide bonds. The van der Waals surface area contributed by atoms with E-state index < -0.39 is 6.03 Å². The Hall–Kier alpha value is -3.02. The van der Waals surface area contributed by atoms with Crippen LogP contribution in [-0.2, 0) is 0 Å². The van der Waals surface area contributed by atoms with Crippen LogP contribution in [0.3, 0.4) is 0 Å². The maximum absolute atomic E-state index is 12.4. The van der Waals surface area contributed by atoms with Crippen molar-refractivity contribution in [2.45, 2.75) is 25.7 Å². The Bertz CT molecular complexity index is 766. The lowest BCUT2D eigenvalue weighted by Gasteiger charge is -2.22. The molecule has 1 saturated heterocycles. The molecule has 1 aliphatic rings. The maximum Gasteiger partial charge on any atom is 0.316 e. The van der Waals surface area contributed by atoms with Crippen LogP contribution in [0.5, 0.6) is 0 Å². The first-order valence-electron chi connectivity index (χ1n) is 8.95. The van der Waals surface area contributed by atoms with Crippen LogP contribution in [0.4, 0.5) is 21.9 Å². The Morgan fingerprint density at radius 2 is 1.54 bits per heavy atom. The van der Waals surface area contributed by atoms with Crippen LogP contribution >= 0.6 is 0 Å². The van der Waals surface area contributed by atoms with Gasteiger partial charge in [0.25, 0.3) is 5.91 Å². The molecule has 4 N–H and O–H groups in total. The molecule has 0 aromatic heterocycles. The monoisotopic (exact) mass is 352 g/mol. The summed E-state index contributed by atoms with van der Waals surface area (Å²) in [6.07, 6.45) is 5.06. The van der Waals surface area contributed by atoms with Crippen molar-refractivity contribution in [1.29, 1.82) is 0 Å². The second kappa shape index (κ2) is 8.38. The van der Waals surface area contributed by atoms with Crippen molar-refractivity contribution in [2.24, 2.45) is 5.73 Å². The summed E-state index contributed by atoms with van der Waals surface area (Å²) in [5, 5.41) is 5.35. The van der Waals surface area contributed by atoms with E-state index in [1.807, 2.05) is 24.3 Å². The third-order valence-electron chi connectivity index (χ3n) is 4.49. The second-order valence-corrected chi connectivity index (χ2v) is 6.47. The molecule has 26 heavy (non-hydrogen) atoms. The van der Waals surface area contributed by atoms with E-state index in [1.165, 1.54) is 31.4 Å². The van der Waals surface area contributed by atoms with Crippen LogP contribution in [-0.4, -0.2) is 25.0 Å². The molecule has 0 aliphatic carbocycles. The number of nitrogens with two attached hydrogens (primary N) is 1. The maximum atomic E-state index is 12.4. The Balaban J connectivity index is 1.65. The number of carbonyl (C=O) groups excluding carboxylic acids is 2. The standard InChI is InChI=1S/C20H24N4O2/c21-20(26)23-17-7-5-6-15(14-17)19(25)22-16-8-10-18(11-9-16)24-12-3-1-2-4-13-24/h5-11,14H,1-4,12-13H2,(H,22,25)(H3,21,23,26). The Labute approximate surface area is 153 Å². The highest BCUT2D eigenvalue weighted by atomic mass is 16.2. The smallest absolute Gasteiger partial charge is 0.316 e. The third-order valence-corrected chi connectivity index (χ3v) is 4.49. The van der Waals surface area contributed by atoms with Crippen molar-refractivity contribution in [3.63, 3.8) is 0 Å². The van der Waals surface area contributed by atoms with E-state index in [1.54, 1.807) is 24.3 Å². The van der Waals surface area contributed by atoms with Crippen LogP contribution in [0, 0.1) is 0 Å². The van der Waals surface area contributed by atoms with Crippen molar-refractivity contribution in [2.75, 3.05) is 28.6 Å². The summed E-state index contributed by atoms with van der Waals surface area (Å²) in [6.45, 7) is 2.18. The first kappa shape index (κ1) is 17.8. The molecule has 0 saturated carbocycles. The molecular formula is C20H24N4O2. The van der Waals surface area contributed by atoms with Gasteiger partial charge < -0.3 is 21.3 Å². The predicted molar refractivity (Wildman–Crippen MR) is 105 cm³/mol. The Morgan fingerprint density at radius 1 is 0.846 bits per heavy atom. The summed E-state index contributed by atoms with van der Waals surface area (Å²) in [5.74, 6) is -0.236. The normalized spacial score (nSPS) is 14.4. The number of nitrogens with one attached hydrogen (secondary N) is 2. The van der Waals surface area contributed by atoms with Gasteiger partial charge in [-0.1, -0.05) is 18.9 Å². The van der Waals surface area contributed by atoms with Crippen LogP contribution in [0.15, 0.2) is 48.5 Å². The summed E-state index contributed by atoms with van der Waals surface area (Å²) >= 11 is 0. The van der Waals surface area contributed by atoms with Crippen LogP contribution in [0.1, 0.15) is 36.0 Å². The number of primary amides is 1. The SMILES string of the molecule is NC(=O)Nc1cccc(C(=O)Nc2ccc(N3CCCCCC3)cc2)c1. The molecule has 0 bridgehead atoms. The first-order valence-corrected chi connectivity index (χ1v) is 8.95. The quantitative estimate of drug-likeness (QED) is 0.782. The number of carbonyl (C=O) groups is 2. The summed E-state index contributed by atoms with van der Waals surface area (Å²) in [4.78, 5) is 25.8. The van der Waals surface area contributed by atoms with Crippen LogP contribution < -0.4 is 21.3 Å². The zero-order chi connectivity index (χ0) is 18.4. The number of amides is 3. The first-order chi connectivity index (χ1) is 12.6. The predicted octanol–water partition coefficient (Wildman–Crippen LogP) is 3.81. The molecule has 0 spiro atoms. The fourth-order valence-corrected chi connectivity index (χ4v) is 3.17. The van der Waals surface area contributed by atoms with E-state index in [0.29, 0.717) is 11.3 Å². The van der Waals surface area contributed by atoms with Gasteiger partial charge in [-0.25, -0.2) is 4.79 Å². The lowest BCUT2D eigenvalue weighted by atomic mass is 10.1.